The van der Waals surface area contributed by atoms with Crippen molar-refractivity contribution in [3.63, 3.8) is 0 Å². The summed E-state index contributed by atoms with van der Waals surface area (Å²) in [5, 5.41) is 4.09. The fraction of sp³-hybridized carbons (Fsp3) is 0.273. The van der Waals surface area contributed by atoms with E-state index in [0.717, 1.165) is 16.5 Å². The van der Waals surface area contributed by atoms with E-state index >= 15 is 0 Å². The Labute approximate surface area is 162 Å². The van der Waals surface area contributed by atoms with Crippen LogP contribution in [0.25, 0.3) is 10.9 Å². The molecule has 1 aliphatic rings. The van der Waals surface area contributed by atoms with Gasteiger partial charge < -0.3 is 15.2 Å². The van der Waals surface area contributed by atoms with Crippen LogP contribution < -0.4 is 10.2 Å². The molecule has 0 aliphatic carbocycles. The molecule has 1 aromatic heterocycles. The Hall–Kier alpha value is -3.15. The molecule has 2 heterocycles. The number of aromatic amines is 1. The molecular formula is C22H22FN3O2. The lowest BCUT2D eigenvalue weighted by Crippen LogP contribution is -2.34. The van der Waals surface area contributed by atoms with E-state index in [-0.39, 0.29) is 30.6 Å². The first-order valence-corrected chi connectivity index (χ1v) is 9.42. The molecule has 0 bridgehead atoms. The van der Waals surface area contributed by atoms with Crippen molar-refractivity contribution < 1.29 is 14.0 Å². The lowest BCUT2D eigenvalue weighted by atomic mass is 10.1. The van der Waals surface area contributed by atoms with Crippen molar-refractivity contribution in [1.29, 1.82) is 0 Å². The molecule has 1 atom stereocenters. The second kappa shape index (κ2) is 7.46. The number of amides is 2. The molecule has 0 spiro atoms. The molecule has 6 heteroatoms. The summed E-state index contributed by atoms with van der Waals surface area (Å²) in [7, 11) is 0. The van der Waals surface area contributed by atoms with Gasteiger partial charge in [-0.2, -0.15) is 0 Å². The molecule has 1 fully saturated rings. The van der Waals surface area contributed by atoms with Gasteiger partial charge in [0.05, 0.1) is 5.92 Å². The number of aryl methyl sites for hydroxylation is 1. The molecule has 2 aromatic carbocycles. The van der Waals surface area contributed by atoms with E-state index in [1.54, 1.807) is 19.1 Å². The Morgan fingerprint density at radius 3 is 2.93 bits per heavy atom. The van der Waals surface area contributed by atoms with Gasteiger partial charge in [-0.15, -0.1) is 0 Å². The largest absolute Gasteiger partial charge is 0.361 e. The van der Waals surface area contributed by atoms with Crippen LogP contribution in [0.5, 0.6) is 0 Å². The molecule has 0 saturated carbocycles. The van der Waals surface area contributed by atoms with Gasteiger partial charge in [-0.05, 0) is 42.7 Å². The van der Waals surface area contributed by atoms with Crippen LogP contribution in [0.15, 0.2) is 48.7 Å². The molecule has 2 N–H and O–H groups in total. The van der Waals surface area contributed by atoms with Gasteiger partial charge in [0.2, 0.25) is 11.8 Å². The monoisotopic (exact) mass is 379 g/mol. The Balaban J connectivity index is 1.35. The van der Waals surface area contributed by atoms with E-state index in [1.165, 1.54) is 11.0 Å². The average Bonchev–Trinajstić information content (AvgIpc) is 3.28. The fourth-order valence-corrected chi connectivity index (χ4v) is 3.69. The first-order chi connectivity index (χ1) is 13.5. The van der Waals surface area contributed by atoms with Crippen molar-refractivity contribution in [1.82, 2.24) is 10.3 Å². The van der Waals surface area contributed by atoms with Crippen LogP contribution in [0.1, 0.15) is 17.5 Å². The lowest BCUT2D eigenvalue weighted by Gasteiger charge is -2.17. The molecule has 144 valence electrons. The van der Waals surface area contributed by atoms with Crippen molar-refractivity contribution in [2.24, 2.45) is 5.92 Å². The second-order valence-corrected chi connectivity index (χ2v) is 7.24. The number of aromatic nitrogens is 1. The van der Waals surface area contributed by atoms with Crippen LogP contribution >= 0.6 is 0 Å². The SMILES string of the molecule is Cc1ccc(N2C[C@@H](C(=O)NCCc3c[nH]c4ccccc34)CC2=O)cc1F. The lowest BCUT2D eigenvalue weighted by molar-refractivity contribution is -0.126. The summed E-state index contributed by atoms with van der Waals surface area (Å²) in [6, 6.07) is 12.8. The molecular weight excluding hydrogens is 357 g/mol. The van der Waals surface area contributed by atoms with Crippen LogP contribution in [0, 0.1) is 18.7 Å². The van der Waals surface area contributed by atoms with Gasteiger partial charge in [0.25, 0.3) is 0 Å². The Kier molecular flexibility index (Phi) is 4.86. The molecule has 0 radical (unpaired) electrons. The maximum absolute atomic E-state index is 13.8. The van der Waals surface area contributed by atoms with E-state index in [1.807, 2.05) is 24.4 Å². The van der Waals surface area contributed by atoms with Crippen molar-refractivity contribution in [2.45, 2.75) is 19.8 Å². The topological polar surface area (TPSA) is 65.2 Å². The van der Waals surface area contributed by atoms with Crippen molar-refractivity contribution in [3.8, 4) is 0 Å². The highest BCUT2D eigenvalue weighted by atomic mass is 19.1. The van der Waals surface area contributed by atoms with Gasteiger partial charge in [0.1, 0.15) is 5.82 Å². The Bertz CT molecular complexity index is 1040. The van der Waals surface area contributed by atoms with Crippen molar-refractivity contribution in [2.75, 3.05) is 18.0 Å². The summed E-state index contributed by atoms with van der Waals surface area (Å²) in [5.74, 6) is -1.06. The zero-order valence-corrected chi connectivity index (χ0v) is 15.7. The van der Waals surface area contributed by atoms with Gasteiger partial charge in [-0.25, -0.2) is 4.39 Å². The number of fused-ring (bicyclic) bond motifs is 1. The number of benzene rings is 2. The van der Waals surface area contributed by atoms with Crippen molar-refractivity contribution in [3.05, 3.63) is 65.6 Å². The standard InChI is InChI=1S/C22H22FN3O2/c1-14-6-7-17(11-19(14)23)26-13-16(10-21(26)27)22(28)24-9-8-15-12-25-20-5-3-2-4-18(15)20/h2-7,11-12,16,25H,8-10,13H2,1H3,(H,24,28)/t16-/m0/s1. The third-order valence-electron chi connectivity index (χ3n) is 5.33. The predicted octanol–water partition coefficient (Wildman–Crippen LogP) is 3.33. The smallest absolute Gasteiger partial charge is 0.227 e. The third kappa shape index (κ3) is 3.50. The minimum atomic E-state index is -0.417. The highest BCUT2D eigenvalue weighted by Crippen LogP contribution is 2.26. The molecule has 2 amide bonds. The number of para-hydroxylation sites is 1. The highest BCUT2D eigenvalue weighted by molar-refractivity contribution is 6.00. The number of H-pyrrole nitrogens is 1. The quantitative estimate of drug-likeness (QED) is 0.714. The predicted molar refractivity (Wildman–Crippen MR) is 107 cm³/mol. The van der Waals surface area contributed by atoms with Crippen LogP contribution in [0.3, 0.4) is 0 Å². The Morgan fingerprint density at radius 2 is 2.11 bits per heavy atom. The molecule has 0 unspecified atom stereocenters. The molecule has 1 aliphatic heterocycles. The number of anilines is 1. The number of nitrogens with one attached hydrogen (secondary N) is 2. The molecule has 5 nitrogen and oxygen atoms in total. The number of hydrogen-bond donors (Lipinski definition) is 2. The van der Waals surface area contributed by atoms with Gasteiger partial charge >= 0.3 is 0 Å². The van der Waals surface area contributed by atoms with Gasteiger partial charge in [0.15, 0.2) is 0 Å². The van der Waals surface area contributed by atoms with Gasteiger partial charge in [-0.3, -0.25) is 9.59 Å². The summed E-state index contributed by atoms with van der Waals surface area (Å²) in [6.45, 7) is 2.46. The molecule has 4 rings (SSSR count). The molecule has 3 aromatic rings. The molecule has 1 saturated heterocycles. The van der Waals surface area contributed by atoms with Crippen LogP contribution in [0.4, 0.5) is 10.1 Å². The fourth-order valence-electron chi connectivity index (χ4n) is 3.69. The zero-order chi connectivity index (χ0) is 19.7. The van der Waals surface area contributed by atoms with E-state index in [4.69, 9.17) is 0 Å². The number of carbonyl (C=O) groups is 2. The van der Waals surface area contributed by atoms with Crippen LogP contribution in [-0.2, 0) is 16.0 Å². The highest BCUT2D eigenvalue weighted by Gasteiger charge is 2.35. The first kappa shape index (κ1) is 18.2. The summed E-state index contributed by atoms with van der Waals surface area (Å²) >= 11 is 0. The number of hydrogen-bond acceptors (Lipinski definition) is 2. The summed E-state index contributed by atoms with van der Waals surface area (Å²) in [6.07, 6.45) is 2.82. The maximum atomic E-state index is 13.8. The number of nitrogens with zero attached hydrogens (tertiary/aromatic N) is 1. The van der Waals surface area contributed by atoms with Gasteiger partial charge in [-0.1, -0.05) is 24.3 Å². The van der Waals surface area contributed by atoms with Crippen molar-refractivity contribution >= 4 is 28.4 Å². The van der Waals surface area contributed by atoms with Crippen LogP contribution in [0.2, 0.25) is 0 Å². The number of rotatable bonds is 5. The normalized spacial score (nSPS) is 16.7. The minimum absolute atomic E-state index is 0.136. The van der Waals surface area contributed by atoms with Gasteiger partial charge in [0, 0.05) is 42.3 Å². The van der Waals surface area contributed by atoms with E-state index in [0.29, 0.717) is 24.2 Å². The zero-order valence-electron chi connectivity index (χ0n) is 15.7. The first-order valence-electron chi connectivity index (χ1n) is 9.42. The maximum Gasteiger partial charge on any atom is 0.227 e. The minimum Gasteiger partial charge on any atom is -0.361 e. The average molecular weight is 379 g/mol. The van der Waals surface area contributed by atoms with E-state index in [2.05, 4.69) is 16.4 Å². The van der Waals surface area contributed by atoms with E-state index in [9.17, 15) is 14.0 Å². The summed E-state index contributed by atoms with van der Waals surface area (Å²) in [4.78, 5) is 29.5. The number of carbonyl (C=O) groups excluding carboxylic acids is 2. The number of halogens is 1. The third-order valence-corrected chi connectivity index (χ3v) is 5.33. The Morgan fingerprint density at radius 1 is 1.29 bits per heavy atom. The van der Waals surface area contributed by atoms with Crippen LogP contribution in [-0.4, -0.2) is 29.9 Å². The summed E-state index contributed by atoms with van der Waals surface area (Å²) < 4.78 is 13.8. The summed E-state index contributed by atoms with van der Waals surface area (Å²) in [5.41, 5.74) is 3.26. The van der Waals surface area contributed by atoms with E-state index < -0.39 is 5.92 Å². The second-order valence-electron chi connectivity index (χ2n) is 7.24. The molecule has 28 heavy (non-hydrogen) atoms.